The van der Waals surface area contributed by atoms with E-state index in [1.54, 1.807) is 35.1 Å². The van der Waals surface area contributed by atoms with Crippen molar-refractivity contribution in [2.45, 2.75) is 6.92 Å². The van der Waals surface area contributed by atoms with Gasteiger partial charge in [-0.2, -0.15) is 4.98 Å². The number of hydrogen-bond acceptors (Lipinski definition) is 7. The number of likely N-dealkylation sites (N-methyl/N-ethyl adjacent to an activating group) is 1. The fourth-order valence-electron chi connectivity index (χ4n) is 4.72. The number of hydrogen-bond donors (Lipinski definition) is 1. The number of nitrogens with one attached hydrogen (secondary N) is 1. The van der Waals surface area contributed by atoms with Crippen LogP contribution in [-0.4, -0.2) is 62.0 Å². The summed E-state index contributed by atoms with van der Waals surface area (Å²) in [5.74, 6) is 0.830. The molecule has 0 saturated carbocycles. The van der Waals surface area contributed by atoms with Crippen molar-refractivity contribution < 1.29 is 0 Å². The van der Waals surface area contributed by atoms with Gasteiger partial charge in [0.2, 0.25) is 11.7 Å². The Morgan fingerprint density at radius 2 is 1.81 bits per heavy atom. The molecule has 0 unspecified atom stereocenters. The highest BCUT2D eigenvalue weighted by atomic mass is 35.5. The smallest absolute Gasteiger partial charge is 0.270 e. The summed E-state index contributed by atoms with van der Waals surface area (Å²) >= 11 is 6.40. The Morgan fingerprint density at radius 1 is 1.00 bits per heavy atom. The van der Waals surface area contributed by atoms with Crippen LogP contribution in [0.15, 0.2) is 65.8 Å². The van der Waals surface area contributed by atoms with Crippen molar-refractivity contribution in [3.8, 4) is 5.69 Å². The Morgan fingerprint density at radius 3 is 2.58 bits per heavy atom. The fraction of sp³-hybridized carbons (Fsp3) is 0.231. The normalized spacial score (nSPS) is 14.6. The minimum absolute atomic E-state index is 0.282. The van der Waals surface area contributed by atoms with E-state index < -0.39 is 0 Å². The monoisotopic (exact) mass is 500 g/mol. The van der Waals surface area contributed by atoms with Crippen LogP contribution < -0.4 is 15.8 Å². The predicted octanol–water partition coefficient (Wildman–Crippen LogP) is 3.89. The summed E-state index contributed by atoms with van der Waals surface area (Å²) in [5, 5.41) is 4.12. The van der Waals surface area contributed by atoms with E-state index >= 15 is 0 Å². The Hall–Kier alpha value is -3.95. The van der Waals surface area contributed by atoms with Crippen molar-refractivity contribution in [3.05, 3.63) is 82.0 Å². The number of piperazine rings is 1. The number of halogens is 1. The maximum atomic E-state index is 13.5. The van der Waals surface area contributed by atoms with E-state index in [4.69, 9.17) is 11.6 Å². The SMILES string of the molecule is Cc1cc(Nc2ncc3c(=O)n(-c4ccccc4Cl)c4nccn4c3n2)ccc1N1CCN(C)CC1. The van der Waals surface area contributed by atoms with E-state index in [-0.39, 0.29) is 5.56 Å². The number of rotatable bonds is 4. The Balaban J connectivity index is 1.37. The molecule has 1 saturated heterocycles. The van der Waals surface area contributed by atoms with Crippen molar-refractivity contribution in [3.63, 3.8) is 0 Å². The van der Waals surface area contributed by atoms with E-state index in [0.717, 1.165) is 31.9 Å². The quantitative estimate of drug-likeness (QED) is 0.401. The highest BCUT2D eigenvalue weighted by molar-refractivity contribution is 6.32. The number of imidazole rings is 1. The van der Waals surface area contributed by atoms with Gasteiger partial charge in [0.1, 0.15) is 5.39 Å². The molecule has 1 aliphatic heterocycles. The molecular formula is C26H25ClN8O. The zero-order valence-electron chi connectivity index (χ0n) is 20.0. The number of para-hydroxylation sites is 1. The average Bonchev–Trinajstić information content (AvgIpc) is 3.36. The molecule has 4 heterocycles. The first kappa shape index (κ1) is 22.5. The van der Waals surface area contributed by atoms with Gasteiger partial charge in [-0.1, -0.05) is 23.7 Å². The van der Waals surface area contributed by atoms with Gasteiger partial charge < -0.3 is 15.1 Å². The summed E-state index contributed by atoms with van der Waals surface area (Å²) in [6, 6.07) is 13.5. The molecule has 9 nitrogen and oxygen atoms in total. The lowest BCUT2D eigenvalue weighted by Crippen LogP contribution is -2.44. The van der Waals surface area contributed by atoms with Gasteiger partial charge in [-0.25, -0.2) is 14.5 Å². The summed E-state index contributed by atoms with van der Waals surface area (Å²) in [5.41, 5.74) is 4.06. The first-order chi connectivity index (χ1) is 17.5. The maximum Gasteiger partial charge on any atom is 0.270 e. The fourth-order valence-corrected chi connectivity index (χ4v) is 4.94. The van der Waals surface area contributed by atoms with Gasteiger partial charge in [-0.3, -0.25) is 9.20 Å². The molecular weight excluding hydrogens is 476 g/mol. The number of aromatic nitrogens is 5. The molecule has 1 fully saturated rings. The van der Waals surface area contributed by atoms with Crippen molar-refractivity contribution in [2.24, 2.45) is 0 Å². The summed E-state index contributed by atoms with van der Waals surface area (Å²) in [7, 11) is 2.16. The molecule has 36 heavy (non-hydrogen) atoms. The molecule has 5 aromatic rings. The van der Waals surface area contributed by atoms with Crippen LogP contribution in [0, 0.1) is 6.92 Å². The molecule has 0 amide bonds. The number of fused-ring (bicyclic) bond motifs is 3. The van der Waals surface area contributed by atoms with Crippen LogP contribution in [0.3, 0.4) is 0 Å². The molecule has 0 radical (unpaired) electrons. The van der Waals surface area contributed by atoms with Gasteiger partial charge in [-0.15, -0.1) is 0 Å². The van der Waals surface area contributed by atoms with Crippen LogP contribution in [0.5, 0.6) is 0 Å². The van der Waals surface area contributed by atoms with Crippen molar-refractivity contribution in [1.29, 1.82) is 0 Å². The lowest BCUT2D eigenvalue weighted by atomic mass is 10.1. The molecule has 6 rings (SSSR count). The first-order valence-electron chi connectivity index (χ1n) is 11.8. The topological polar surface area (TPSA) is 83.6 Å². The van der Waals surface area contributed by atoms with E-state index in [1.165, 1.54) is 15.8 Å². The number of aryl methyl sites for hydroxylation is 1. The third kappa shape index (κ3) is 3.86. The second-order valence-corrected chi connectivity index (χ2v) is 9.44. The summed E-state index contributed by atoms with van der Waals surface area (Å²) < 4.78 is 3.26. The standard InChI is InChI=1S/C26H25ClN8O/c1-17-15-18(7-8-21(17)33-13-11-32(2)12-14-33)30-25-29-16-19-23(31-25)34-10-9-28-26(34)35(24(19)36)22-6-4-3-5-20(22)27/h3-10,15-16H,11-14H2,1-2H3,(H,29,30,31). The van der Waals surface area contributed by atoms with E-state index in [2.05, 4.69) is 56.2 Å². The summed E-state index contributed by atoms with van der Waals surface area (Å²) in [6.45, 7) is 6.28. The molecule has 0 aliphatic carbocycles. The number of nitrogens with zero attached hydrogens (tertiary/aromatic N) is 7. The summed E-state index contributed by atoms with van der Waals surface area (Å²) in [6.07, 6.45) is 4.96. The minimum atomic E-state index is -0.282. The van der Waals surface area contributed by atoms with Gasteiger partial charge in [0.25, 0.3) is 5.56 Å². The lowest BCUT2D eigenvalue weighted by molar-refractivity contribution is 0.312. The molecule has 182 valence electrons. The van der Waals surface area contributed by atoms with Gasteiger partial charge in [-0.05, 0) is 49.9 Å². The Labute approximate surface area is 212 Å². The lowest BCUT2D eigenvalue weighted by Gasteiger charge is -2.35. The van der Waals surface area contributed by atoms with E-state index in [1.807, 2.05) is 18.2 Å². The molecule has 3 aromatic heterocycles. The molecule has 10 heteroatoms. The number of anilines is 3. The zero-order valence-corrected chi connectivity index (χ0v) is 20.8. The van der Waals surface area contributed by atoms with Gasteiger partial charge in [0, 0.05) is 56.1 Å². The van der Waals surface area contributed by atoms with E-state index in [0.29, 0.717) is 33.5 Å². The van der Waals surface area contributed by atoms with Crippen LogP contribution in [0.4, 0.5) is 17.3 Å². The predicted molar refractivity (Wildman–Crippen MR) is 143 cm³/mol. The molecule has 2 aromatic carbocycles. The van der Waals surface area contributed by atoms with Crippen LogP contribution >= 0.6 is 11.6 Å². The second kappa shape index (κ2) is 8.92. The zero-order chi connectivity index (χ0) is 24.8. The Kier molecular flexibility index (Phi) is 5.58. The third-order valence-electron chi connectivity index (χ3n) is 6.64. The molecule has 0 spiro atoms. The second-order valence-electron chi connectivity index (χ2n) is 9.04. The van der Waals surface area contributed by atoms with E-state index in [9.17, 15) is 4.79 Å². The van der Waals surface area contributed by atoms with Gasteiger partial charge in [0.05, 0.1) is 10.7 Å². The molecule has 1 N–H and O–H groups in total. The van der Waals surface area contributed by atoms with Crippen LogP contribution in [0.25, 0.3) is 22.5 Å². The highest BCUT2D eigenvalue weighted by Gasteiger charge is 2.18. The Bertz CT molecular complexity index is 1650. The van der Waals surface area contributed by atoms with Crippen LogP contribution in [0.2, 0.25) is 5.02 Å². The number of benzene rings is 2. The van der Waals surface area contributed by atoms with Crippen molar-refractivity contribution >= 4 is 45.7 Å². The summed E-state index contributed by atoms with van der Waals surface area (Å²) in [4.78, 5) is 31.8. The molecule has 0 atom stereocenters. The highest BCUT2D eigenvalue weighted by Crippen LogP contribution is 2.27. The average molecular weight is 501 g/mol. The van der Waals surface area contributed by atoms with Crippen LogP contribution in [0.1, 0.15) is 5.56 Å². The molecule has 0 bridgehead atoms. The van der Waals surface area contributed by atoms with Gasteiger partial charge in [0.15, 0.2) is 5.65 Å². The molecule has 1 aliphatic rings. The maximum absolute atomic E-state index is 13.5. The van der Waals surface area contributed by atoms with Gasteiger partial charge >= 0.3 is 0 Å². The largest absolute Gasteiger partial charge is 0.369 e. The first-order valence-corrected chi connectivity index (χ1v) is 12.2. The van der Waals surface area contributed by atoms with Crippen molar-refractivity contribution in [1.82, 2.24) is 28.8 Å². The third-order valence-corrected chi connectivity index (χ3v) is 6.96. The van der Waals surface area contributed by atoms with Crippen LogP contribution in [-0.2, 0) is 0 Å². The van der Waals surface area contributed by atoms with Crippen molar-refractivity contribution in [2.75, 3.05) is 43.4 Å². The minimum Gasteiger partial charge on any atom is -0.369 e.